The summed E-state index contributed by atoms with van der Waals surface area (Å²) in [5, 5.41) is 9.27. The van der Waals surface area contributed by atoms with Crippen LogP contribution >= 0.6 is 0 Å². The molecular weight excluding hydrogens is 375 g/mol. The second-order valence-electron chi connectivity index (χ2n) is 7.43. The first-order valence-electron chi connectivity index (χ1n) is 10.5. The Morgan fingerprint density at radius 1 is 0.731 bits per heavy atom. The zero-order valence-electron chi connectivity index (χ0n) is 17.5. The van der Waals surface area contributed by atoms with E-state index < -0.39 is 15.4 Å². The van der Waals surface area contributed by atoms with Gasteiger partial charge in [0.05, 0.1) is 16.2 Å². The molecule has 0 aromatic rings. The van der Waals surface area contributed by atoms with E-state index in [0.717, 1.165) is 51.4 Å². The van der Waals surface area contributed by atoms with E-state index in [1.807, 2.05) is 0 Å². The predicted octanol–water partition coefficient (Wildman–Crippen LogP) is 2.55. The third-order valence-electron chi connectivity index (χ3n) is 5.07. The number of aliphatic hydroxyl groups excluding tert-OH is 1. The summed E-state index contributed by atoms with van der Waals surface area (Å²) in [4.78, 5) is 0. The maximum Gasteiger partial charge on any atom is 1.00 e. The standard InChI is InChI=1S/C20H42O4S.K/c1-3-5-6-7-8-10-13-16-19(21)17-14-11-9-12-15-18-20(4-2)25(22,23)24;/h19-21H,3-18H2,1-2H3,(H,22,23,24);/q;+1/p-1. The Morgan fingerprint density at radius 2 is 1.12 bits per heavy atom. The van der Waals surface area contributed by atoms with E-state index in [9.17, 15) is 18.1 Å². The van der Waals surface area contributed by atoms with E-state index in [4.69, 9.17) is 0 Å². The molecule has 0 bridgehead atoms. The van der Waals surface area contributed by atoms with Crippen LogP contribution in [0.5, 0.6) is 0 Å². The minimum Gasteiger partial charge on any atom is -0.748 e. The summed E-state index contributed by atoms with van der Waals surface area (Å²) in [6.45, 7) is 3.99. The molecule has 0 aliphatic rings. The van der Waals surface area contributed by atoms with Gasteiger partial charge >= 0.3 is 51.4 Å². The van der Waals surface area contributed by atoms with Gasteiger partial charge in [-0.1, -0.05) is 90.9 Å². The van der Waals surface area contributed by atoms with Gasteiger partial charge in [0.2, 0.25) is 0 Å². The summed E-state index contributed by atoms with van der Waals surface area (Å²) in [6, 6.07) is 0. The zero-order valence-corrected chi connectivity index (χ0v) is 21.5. The second kappa shape index (κ2) is 19.8. The maximum absolute atomic E-state index is 11.0. The molecule has 0 saturated heterocycles. The van der Waals surface area contributed by atoms with Crippen LogP contribution < -0.4 is 51.4 Å². The molecule has 0 rings (SSSR count). The van der Waals surface area contributed by atoms with E-state index in [1.165, 1.54) is 38.5 Å². The summed E-state index contributed by atoms with van der Waals surface area (Å²) >= 11 is 0. The number of hydrogen-bond acceptors (Lipinski definition) is 4. The first-order chi connectivity index (χ1) is 11.9. The normalized spacial score (nSPS) is 14.0. The molecule has 2 atom stereocenters. The molecule has 0 radical (unpaired) electrons. The van der Waals surface area contributed by atoms with E-state index in [0.29, 0.717) is 12.8 Å². The zero-order chi connectivity index (χ0) is 19.0. The van der Waals surface area contributed by atoms with Crippen molar-refractivity contribution in [2.24, 2.45) is 0 Å². The van der Waals surface area contributed by atoms with E-state index in [-0.39, 0.29) is 57.5 Å². The molecule has 26 heavy (non-hydrogen) atoms. The Labute approximate surface area is 205 Å². The summed E-state index contributed by atoms with van der Waals surface area (Å²) in [6.07, 6.45) is 16.5. The minimum atomic E-state index is -4.12. The Morgan fingerprint density at radius 3 is 1.50 bits per heavy atom. The van der Waals surface area contributed by atoms with Crippen LogP contribution in [0.1, 0.15) is 117 Å². The molecule has 0 spiro atoms. The molecule has 6 heteroatoms. The van der Waals surface area contributed by atoms with Crippen LogP contribution in [0.2, 0.25) is 0 Å². The molecular formula is C20H41KO4S. The average Bonchev–Trinajstić information content (AvgIpc) is 2.55. The fraction of sp³-hybridized carbons (Fsp3) is 1.00. The van der Waals surface area contributed by atoms with Gasteiger partial charge in [0.25, 0.3) is 0 Å². The molecule has 1 N–H and O–H groups in total. The van der Waals surface area contributed by atoms with E-state index in [2.05, 4.69) is 6.92 Å². The second-order valence-corrected chi connectivity index (χ2v) is 9.08. The van der Waals surface area contributed by atoms with Gasteiger partial charge < -0.3 is 9.66 Å². The van der Waals surface area contributed by atoms with Crippen LogP contribution in [0.4, 0.5) is 0 Å². The van der Waals surface area contributed by atoms with Crippen LogP contribution in [-0.4, -0.2) is 29.4 Å². The van der Waals surface area contributed by atoms with Crippen LogP contribution in [0.25, 0.3) is 0 Å². The molecule has 152 valence electrons. The molecule has 0 saturated carbocycles. The topological polar surface area (TPSA) is 77.4 Å². The molecule has 4 nitrogen and oxygen atoms in total. The molecule has 0 heterocycles. The van der Waals surface area contributed by atoms with Crippen molar-refractivity contribution in [2.75, 3.05) is 0 Å². The number of aliphatic hydroxyl groups is 1. The van der Waals surface area contributed by atoms with Gasteiger partial charge in [-0.05, 0) is 25.7 Å². The van der Waals surface area contributed by atoms with E-state index >= 15 is 0 Å². The monoisotopic (exact) mass is 416 g/mol. The molecule has 0 fully saturated rings. The summed E-state index contributed by atoms with van der Waals surface area (Å²) in [7, 11) is -4.12. The molecule has 0 amide bonds. The first-order valence-corrected chi connectivity index (χ1v) is 12.0. The number of hydrogen-bond donors (Lipinski definition) is 1. The SMILES string of the molecule is CCCCCCCCCC(O)CCCCCCCC(CC)S(=O)(=O)[O-].[K+]. The molecule has 0 aromatic carbocycles. The maximum atomic E-state index is 11.0. The fourth-order valence-corrected chi connectivity index (χ4v) is 4.18. The average molecular weight is 417 g/mol. The molecule has 0 aliphatic carbocycles. The Kier molecular flexibility index (Phi) is 22.6. The van der Waals surface area contributed by atoms with Gasteiger partial charge in [-0.25, -0.2) is 8.42 Å². The summed E-state index contributed by atoms with van der Waals surface area (Å²) < 4.78 is 33.0. The number of unbranched alkanes of at least 4 members (excludes halogenated alkanes) is 10. The summed E-state index contributed by atoms with van der Waals surface area (Å²) in [5.74, 6) is 0. The smallest absolute Gasteiger partial charge is 0.748 e. The fourth-order valence-electron chi connectivity index (χ4n) is 3.32. The van der Waals surface area contributed by atoms with Crippen molar-refractivity contribution in [2.45, 2.75) is 128 Å². The molecule has 0 aromatic heterocycles. The largest absolute Gasteiger partial charge is 1.00 e. The van der Waals surface area contributed by atoms with Gasteiger partial charge in [0.15, 0.2) is 0 Å². The predicted molar refractivity (Wildman–Crippen MR) is 105 cm³/mol. The van der Waals surface area contributed by atoms with Gasteiger partial charge in [0.1, 0.15) is 0 Å². The molecule has 2 unspecified atom stereocenters. The van der Waals surface area contributed by atoms with Crippen LogP contribution in [-0.2, 0) is 10.1 Å². The van der Waals surface area contributed by atoms with Crippen molar-refractivity contribution in [1.29, 1.82) is 0 Å². The van der Waals surface area contributed by atoms with Crippen molar-refractivity contribution in [3.8, 4) is 0 Å². The van der Waals surface area contributed by atoms with Crippen molar-refractivity contribution >= 4 is 10.1 Å². The van der Waals surface area contributed by atoms with Crippen molar-refractivity contribution < 1.29 is 69.5 Å². The van der Waals surface area contributed by atoms with Gasteiger partial charge in [-0.3, -0.25) is 0 Å². The van der Waals surface area contributed by atoms with Crippen molar-refractivity contribution in [3.05, 3.63) is 0 Å². The van der Waals surface area contributed by atoms with Crippen molar-refractivity contribution in [3.63, 3.8) is 0 Å². The van der Waals surface area contributed by atoms with Gasteiger partial charge in [0, 0.05) is 5.25 Å². The first kappa shape index (κ1) is 29.7. The van der Waals surface area contributed by atoms with Gasteiger partial charge in [-0.2, -0.15) is 0 Å². The Bertz CT molecular complexity index is 387. The van der Waals surface area contributed by atoms with Crippen LogP contribution in [0.15, 0.2) is 0 Å². The quantitative estimate of drug-likeness (QED) is 0.212. The number of rotatable bonds is 18. The van der Waals surface area contributed by atoms with Crippen LogP contribution in [0, 0.1) is 0 Å². The van der Waals surface area contributed by atoms with Crippen LogP contribution in [0.3, 0.4) is 0 Å². The van der Waals surface area contributed by atoms with Gasteiger partial charge in [-0.15, -0.1) is 0 Å². The Balaban J connectivity index is 0. The third-order valence-corrected chi connectivity index (χ3v) is 6.45. The third kappa shape index (κ3) is 18.9. The molecule has 0 aliphatic heterocycles. The Hall–Kier alpha value is 1.51. The summed E-state index contributed by atoms with van der Waals surface area (Å²) in [5.41, 5.74) is 0. The minimum absolute atomic E-state index is 0. The van der Waals surface area contributed by atoms with E-state index in [1.54, 1.807) is 6.92 Å². The van der Waals surface area contributed by atoms with Crippen molar-refractivity contribution in [1.82, 2.24) is 0 Å².